The van der Waals surface area contributed by atoms with Crippen LogP contribution in [0.15, 0.2) is 52.0 Å². The Labute approximate surface area is 136 Å². The van der Waals surface area contributed by atoms with E-state index in [0.29, 0.717) is 11.3 Å². The molecule has 0 spiro atoms. The van der Waals surface area contributed by atoms with E-state index in [4.69, 9.17) is 4.74 Å². The van der Waals surface area contributed by atoms with Crippen LogP contribution in [-0.2, 0) is 11.2 Å². The van der Waals surface area contributed by atoms with Crippen molar-refractivity contribution < 1.29 is 13.9 Å². The highest BCUT2D eigenvalue weighted by Gasteiger charge is 2.03. The second-order valence-electron chi connectivity index (χ2n) is 4.48. The van der Waals surface area contributed by atoms with Gasteiger partial charge in [0.2, 0.25) is 5.91 Å². The minimum atomic E-state index is -0.330. The number of halogens is 2. The molecule has 0 radical (unpaired) electrons. The summed E-state index contributed by atoms with van der Waals surface area (Å²) in [5, 5.41) is 3.91. The second kappa shape index (κ2) is 7.70. The summed E-state index contributed by atoms with van der Waals surface area (Å²) in [6.07, 6.45) is 1.64. The Hall–Kier alpha value is -2.21. The first kappa shape index (κ1) is 16.2. The fraction of sp³-hybridized carbons (Fsp3) is 0.125. The lowest BCUT2D eigenvalue weighted by atomic mass is 10.1. The van der Waals surface area contributed by atoms with Gasteiger partial charge in [0.15, 0.2) is 0 Å². The van der Waals surface area contributed by atoms with E-state index in [2.05, 4.69) is 26.5 Å². The molecule has 0 atom stereocenters. The van der Waals surface area contributed by atoms with E-state index in [-0.39, 0.29) is 18.1 Å². The predicted molar refractivity (Wildman–Crippen MR) is 86.5 cm³/mol. The zero-order chi connectivity index (χ0) is 15.9. The number of hydrogen-bond acceptors (Lipinski definition) is 3. The molecular weight excluding hydrogens is 351 g/mol. The first-order valence-electron chi connectivity index (χ1n) is 6.48. The van der Waals surface area contributed by atoms with Crippen LogP contribution in [0.25, 0.3) is 0 Å². The van der Waals surface area contributed by atoms with Crippen LogP contribution >= 0.6 is 15.9 Å². The Bertz CT molecular complexity index is 687. The highest BCUT2D eigenvalue weighted by molar-refractivity contribution is 9.10. The quantitative estimate of drug-likeness (QED) is 0.653. The van der Waals surface area contributed by atoms with Crippen molar-refractivity contribution >= 4 is 28.1 Å². The van der Waals surface area contributed by atoms with Crippen LogP contribution in [0.3, 0.4) is 0 Å². The summed E-state index contributed by atoms with van der Waals surface area (Å²) in [6, 6.07) is 11.2. The summed E-state index contributed by atoms with van der Waals surface area (Å²) >= 11 is 3.36. The fourth-order valence-electron chi connectivity index (χ4n) is 1.81. The van der Waals surface area contributed by atoms with Crippen LogP contribution in [-0.4, -0.2) is 19.2 Å². The molecule has 1 N–H and O–H groups in total. The van der Waals surface area contributed by atoms with Gasteiger partial charge in [0, 0.05) is 10.0 Å². The summed E-state index contributed by atoms with van der Waals surface area (Å²) in [5.41, 5.74) is 3.88. The number of ether oxygens (including phenoxy) is 1. The summed E-state index contributed by atoms with van der Waals surface area (Å²) in [6.45, 7) is 0. The molecule has 2 aromatic rings. The first-order valence-corrected chi connectivity index (χ1v) is 7.27. The molecule has 0 aromatic heterocycles. The second-order valence-corrected chi connectivity index (χ2v) is 5.40. The smallest absolute Gasteiger partial charge is 0.244 e. The van der Waals surface area contributed by atoms with Crippen LogP contribution in [0.4, 0.5) is 4.39 Å². The van der Waals surface area contributed by atoms with Gasteiger partial charge in [0.05, 0.1) is 19.7 Å². The number of nitrogens with zero attached hydrogens (tertiary/aromatic N) is 1. The van der Waals surface area contributed by atoms with Crippen molar-refractivity contribution in [1.29, 1.82) is 0 Å². The number of methoxy groups -OCH3 is 1. The zero-order valence-electron chi connectivity index (χ0n) is 11.8. The maximum absolute atomic E-state index is 12.8. The van der Waals surface area contributed by atoms with E-state index in [9.17, 15) is 9.18 Å². The SMILES string of the molecule is COc1ccc(Br)cc1/C=N/NC(=O)Cc1ccc(F)cc1. The Kier molecular flexibility index (Phi) is 5.66. The molecule has 114 valence electrons. The van der Waals surface area contributed by atoms with Crippen LogP contribution in [0.2, 0.25) is 0 Å². The van der Waals surface area contributed by atoms with Gasteiger partial charge in [-0.1, -0.05) is 28.1 Å². The minimum absolute atomic E-state index is 0.132. The molecular formula is C16H14BrFN2O2. The van der Waals surface area contributed by atoms with Gasteiger partial charge in [-0.2, -0.15) is 5.10 Å². The summed E-state index contributed by atoms with van der Waals surface area (Å²) in [5.74, 6) is 0.0421. The molecule has 0 unspecified atom stereocenters. The minimum Gasteiger partial charge on any atom is -0.496 e. The van der Waals surface area contributed by atoms with E-state index in [1.807, 2.05) is 12.1 Å². The van der Waals surface area contributed by atoms with Crippen LogP contribution in [0, 0.1) is 5.82 Å². The van der Waals surface area contributed by atoms with Gasteiger partial charge >= 0.3 is 0 Å². The number of benzene rings is 2. The number of nitrogens with one attached hydrogen (secondary N) is 1. The van der Waals surface area contributed by atoms with E-state index in [1.165, 1.54) is 18.3 Å². The van der Waals surface area contributed by atoms with Gasteiger partial charge < -0.3 is 4.74 Å². The number of rotatable bonds is 5. The highest BCUT2D eigenvalue weighted by atomic mass is 79.9. The van der Waals surface area contributed by atoms with E-state index in [0.717, 1.165) is 10.0 Å². The lowest BCUT2D eigenvalue weighted by Crippen LogP contribution is -2.19. The van der Waals surface area contributed by atoms with Crippen molar-refractivity contribution in [2.45, 2.75) is 6.42 Å². The van der Waals surface area contributed by atoms with Crippen molar-refractivity contribution in [3.63, 3.8) is 0 Å². The molecule has 0 saturated carbocycles. The maximum atomic E-state index is 12.8. The van der Waals surface area contributed by atoms with Crippen molar-refractivity contribution in [2.24, 2.45) is 5.10 Å². The molecule has 0 fully saturated rings. The molecule has 22 heavy (non-hydrogen) atoms. The number of carbonyl (C=O) groups is 1. The standard InChI is InChI=1S/C16H14BrFN2O2/c1-22-15-7-4-13(17)9-12(15)10-19-20-16(21)8-11-2-5-14(18)6-3-11/h2-7,9-10H,8H2,1H3,(H,20,21)/b19-10+. The average Bonchev–Trinajstić information content (AvgIpc) is 2.50. The summed E-state index contributed by atoms with van der Waals surface area (Å²) in [7, 11) is 1.56. The van der Waals surface area contributed by atoms with Crippen molar-refractivity contribution in [1.82, 2.24) is 5.43 Å². The topological polar surface area (TPSA) is 50.7 Å². The first-order chi connectivity index (χ1) is 10.6. The summed E-state index contributed by atoms with van der Waals surface area (Å²) in [4.78, 5) is 11.7. The number of hydrogen-bond donors (Lipinski definition) is 1. The van der Waals surface area contributed by atoms with Crippen LogP contribution < -0.4 is 10.2 Å². The van der Waals surface area contributed by atoms with E-state index in [1.54, 1.807) is 25.3 Å². The predicted octanol–water partition coefficient (Wildman–Crippen LogP) is 3.29. The van der Waals surface area contributed by atoms with Crippen molar-refractivity contribution in [3.8, 4) is 5.75 Å². The molecule has 0 heterocycles. The third kappa shape index (κ3) is 4.66. The molecule has 0 aliphatic rings. The van der Waals surface area contributed by atoms with Gasteiger partial charge in [-0.25, -0.2) is 9.82 Å². The van der Waals surface area contributed by atoms with Gasteiger partial charge in [0.25, 0.3) is 0 Å². The molecule has 0 aliphatic carbocycles. The van der Waals surface area contributed by atoms with Crippen LogP contribution in [0.5, 0.6) is 5.75 Å². The van der Waals surface area contributed by atoms with Gasteiger partial charge in [0.1, 0.15) is 11.6 Å². The fourth-order valence-corrected chi connectivity index (χ4v) is 2.19. The largest absolute Gasteiger partial charge is 0.496 e. The number of hydrazone groups is 1. The third-order valence-electron chi connectivity index (χ3n) is 2.86. The van der Waals surface area contributed by atoms with Gasteiger partial charge in [-0.05, 0) is 35.9 Å². The maximum Gasteiger partial charge on any atom is 0.244 e. The van der Waals surface area contributed by atoms with Crippen LogP contribution in [0.1, 0.15) is 11.1 Å². The van der Waals surface area contributed by atoms with Crippen molar-refractivity contribution in [2.75, 3.05) is 7.11 Å². The number of carbonyl (C=O) groups excluding carboxylic acids is 1. The van der Waals surface area contributed by atoms with Gasteiger partial charge in [-0.15, -0.1) is 0 Å². The Morgan fingerprint density at radius 1 is 1.32 bits per heavy atom. The molecule has 2 rings (SSSR count). The monoisotopic (exact) mass is 364 g/mol. The Balaban J connectivity index is 1.96. The van der Waals surface area contributed by atoms with Crippen molar-refractivity contribution in [3.05, 3.63) is 63.9 Å². The molecule has 0 bridgehead atoms. The number of amides is 1. The molecule has 6 heteroatoms. The lowest BCUT2D eigenvalue weighted by Gasteiger charge is -2.04. The van der Waals surface area contributed by atoms with Gasteiger partial charge in [-0.3, -0.25) is 4.79 Å². The van der Waals surface area contributed by atoms with E-state index >= 15 is 0 Å². The normalized spacial score (nSPS) is 10.7. The zero-order valence-corrected chi connectivity index (χ0v) is 13.4. The molecule has 0 aliphatic heterocycles. The van der Waals surface area contributed by atoms with E-state index < -0.39 is 0 Å². The molecule has 0 saturated heterocycles. The molecule has 4 nitrogen and oxygen atoms in total. The molecule has 1 amide bonds. The lowest BCUT2D eigenvalue weighted by molar-refractivity contribution is -0.120. The third-order valence-corrected chi connectivity index (χ3v) is 3.36. The molecule has 2 aromatic carbocycles. The Morgan fingerprint density at radius 3 is 2.73 bits per heavy atom. The average molecular weight is 365 g/mol. The Morgan fingerprint density at radius 2 is 2.05 bits per heavy atom. The highest BCUT2D eigenvalue weighted by Crippen LogP contribution is 2.21. The summed E-state index contributed by atoms with van der Waals surface area (Å²) < 4.78 is 18.9.